The Labute approximate surface area is 108 Å². The van der Waals surface area contributed by atoms with Crippen LogP contribution in [0.5, 0.6) is 5.75 Å². The fraction of sp³-hybridized carbons (Fsp3) is 0.500. The zero-order valence-corrected chi connectivity index (χ0v) is 11.0. The monoisotopic (exact) mass is 248 g/mol. The number of anilines is 1. The fourth-order valence-corrected chi connectivity index (χ4v) is 2.09. The third kappa shape index (κ3) is 2.82. The number of carbonyl (C=O) groups is 1. The van der Waals surface area contributed by atoms with E-state index < -0.39 is 0 Å². The minimum absolute atomic E-state index is 0.0802. The predicted molar refractivity (Wildman–Crippen MR) is 71.8 cm³/mol. The average Bonchev–Trinajstić information content (AvgIpc) is 2.80. The Balaban J connectivity index is 1.98. The molecule has 4 nitrogen and oxygen atoms in total. The molecule has 1 aromatic rings. The highest BCUT2D eigenvalue weighted by atomic mass is 16.5. The van der Waals surface area contributed by atoms with Gasteiger partial charge in [-0.1, -0.05) is 0 Å². The zero-order chi connectivity index (χ0) is 13.0. The maximum absolute atomic E-state index is 12.2. The van der Waals surface area contributed by atoms with Crippen LogP contribution in [-0.2, 0) is 4.79 Å². The van der Waals surface area contributed by atoms with Crippen molar-refractivity contribution in [2.75, 3.05) is 25.0 Å². The molecule has 0 saturated carbocycles. The van der Waals surface area contributed by atoms with Crippen LogP contribution in [0.4, 0.5) is 5.69 Å². The van der Waals surface area contributed by atoms with Crippen molar-refractivity contribution in [3.8, 4) is 5.75 Å². The van der Waals surface area contributed by atoms with Crippen LogP contribution >= 0.6 is 0 Å². The molecule has 1 fully saturated rings. The summed E-state index contributed by atoms with van der Waals surface area (Å²) in [5, 5.41) is 6.18. The number of hydrogen-bond donors (Lipinski definition) is 2. The summed E-state index contributed by atoms with van der Waals surface area (Å²) in [7, 11) is 0. The van der Waals surface area contributed by atoms with Gasteiger partial charge in [-0.3, -0.25) is 4.79 Å². The number of rotatable bonds is 4. The lowest BCUT2D eigenvalue weighted by Crippen LogP contribution is -2.35. The van der Waals surface area contributed by atoms with Crippen molar-refractivity contribution in [1.29, 1.82) is 0 Å². The maximum Gasteiger partial charge on any atom is 0.231 e. The Morgan fingerprint density at radius 3 is 2.72 bits per heavy atom. The van der Waals surface area contributed by atoms with E-state index in [1.54, 1.807) is 0 Å². The molecule has 0 bridgehead atoms. The third-order valence-corrected chi connectivity index (χ3v) is 3.34. The molecular weight excluding hydrogens is 228 g/mol. The average molecular weight is 248 g/mol. The van der Waals surface area contributed by atoms with E-state index in [9.17, 15) is 4.79 Å². The Morgan fingerprint density at radius 1 is 1.44 bits per heavy atom. The van der Waals surface area contributed by atoms with Crippen LogP contribution in [0, 0.1) is 5.41 Å². The molecule has 2 N–H and O–H groups in total. The lowest BCUT2D eigenvalue weighted by atomic mass is 9.89. The lowest BCUT2D eigenvalue weighted by Gasteiger charge is -2.21. The van der Waals surface area contributed by atoms with E-state index in [0.717, 1.165) is 30.9 Å². The second-order valence-electron chi connectivity index (χ2n) is 4.90. The first kappa shape index (κ1) is 12.9. The van der Waals surface area contributed by atoms with Crippen molar-refractivity contribution in [2.24, 2.45) is 5.41 Å². The largest absolute Gasteiger partial charge is 0.494 e. The minimum atomic E-state index is -0.293. The molecule has 1 heterocycles. The number of ether oxygens (including phenoxy) is 1. The maximum atomic E-state index is 12.2. The standard InChI is InChI=1S/C14H20N2O2/c1-3-18-12-6-4-11(5-7-12)16-13(17)14(2)8-9-15-10-14/h4-7,15H,3,8-10H2,1-2H3,(H,16,17). The molecule has 1 saturated heterocycles. The molecule has 98 valence electrons. The first-order valence-electron chi connectivity index (χ1n) is 6.39. The van der Waals surface area contributed by atoms with Crippen molar-refractivity contribution in [2.45, 2.75) is 20.3 Å². The summed E-state index contributed by atoms with van der Waals surface area (Å²) >= 11 is 0. The van der Waals surface area contributed by atoms with E-state index in [1.165, 1.54) is 0 Å². The second-order valence-corrected chi connectivity index (χ2v) is 4.90. The summed E-state index contributed by atoms with van der Waals surface area (Å²) in [4.78, 5) is 12.2. The van der Waals surface area contributed by atoms with Crippen LogP contribution in [0.3, 0.4) is 0 Å². The van der Waals surface area contributed by atoms with E-state index >= 15 is 0 Å². The normalized spacial score (nSPS) is 22.8. The molecule has 1 unspecified atom stereocenters. The Bertz CT molecular complexity index is 408. The molecule has 1 aromatic carbocycles. The Morgan fingerprint density at radius 2 is 2.17 bits per heavy atom. The van der Waals surface area contributed by atoms with Crippen LogP contribution in [-0.4, -0.2) is 25.6 Å². The molecule has 4 heteroatoms. The molecular formula is C14H20N2O2. The molecule has 1 aliphatic rings. The van der Waals surface area contributed by atoms with Crippen LogP contribution in [0.15, 0.2) is 24.3 Å². The van der Waals surface area contributed by atoms with E-state index in [1.807, 2.05) is 38.1 Å². The van der Waals surface area contributed by atoms with Gasteiger partial charge in [-0.2, -0.15) is 0 Å². The molecule has 0 radical (unpaired) electrons. The van der Waals surface area contributed by atoms with Crippen molar-refractivity contribution in [3.05, 3.63) is 24.3 Å². The van der Waals surface area contributed by atoms with Crippen LogP contribution in [0.1, 0.15) is 20.3 Å². The van der Waals surface area contributed by atoms with Gasteiger partial charge in [0.25, 0.3) is 0 Å². The number of hydrogen-bond acceptors (Lipinski definition) is 3. The van der Waals surface area contributed by atoms with Gasteiger partial charge in [-0.25, -0.2) is 0 Å². The van der Waals surface area contributed by atoms with Gasteiger partial charge in [-0.05, 0) is 51.1 Å². The second kappa shape index (κ2) is 5.40. The van der Waals surface area contributed by atoms with Crippen molar-refractivity contribution in [1.82, 2.24) is 5.32 Å². The highest BCUT2D eigenvalue weighted by Crippen LogP contribution is 2.26. The molecule has 1 amide bonds. The minimum Gasteiger partial charge on any atom is -0.494 e. The summed E-state index contributed by atoms with van der Waals surface area (Å²) in [6, 6.07) is 7.48. The van der Waals surface area contributed by atoms with Gasteiger partial charge in [-0.15, -0.1) is 0 Å². The van der Waals surface area contributed by atoms with Gasteiger partial charge in [0.1, 0.15) is 5.75 Å². The first-order valence-corrected chi connectivity index (χ1v) is 6.39. The summed E-state index contributed by atoms with van der Waals surface area (Å²) in [5.74, 6) is 0.904. The van der Waals surface area contributed by atoms with Crippen LogP contribution in [0.2, 0.25) is 0 Å². The Hall–Kier alpha value is -1.55. The number of amides is 1. The van der Waals surface area contributed by atoms with E-state index in [-0.39, 0.29) is 11.3 Å². The summed E-state index contributed by atoms with van der Waals surface area (Å²) in [6.07, 6.45) is 0.885. The van der Waals surface area contributed by atoms with Crippen LogP contribution < -0.4 is 15.4 Å². The summed E-state index contributed by atoms with van der Waals surface area (Å²) in [6.45, 7) is 6.25. The zero-order valence-electron chi connectivity index (χ0n) is 11.0. The molecule has 2 rings (SSSR count). The number of benzene rings is 1. The fourth-order valence-electron chi connectivity index (χ4n) is 2.09. The smallest absolute Gasteiger partial charge is 0.231 e. The number of carbonyl (C=O) groups excluding carboxylic acids is 1. The summed E-state index contributed by atoms with van der Waals surface area (Å²) < 4.78 is 5.36. The van der Waals surface area contributed by atoms with E-state index in [0.29, 0.717) is 6.61 Å². The predicted octanol–water partition coefficient (Wildman–Crippen LogP) is 2.02. The van der Waals surface area contributed by atoms with Crippen molar-refractivity contribution < 1.29 is 9.53 Å². The van der Waals surface area contributed by atoms with Gasteiger partial charge in [0.15, 0.2) is 0 Å². The van der Waals surface area contributed by atoms with Gasteiger partial charge < -0.3 is 15.4 Å². The van der Waals surface area contributed by atoms with Crippen LogP contribution in [0.25, 0.3) is 0 Å². The lowest BCUT2D eigenvalue weighted by molar-refractivity contribution is -0.123. The van der Waals surface area contributed by atoms with Crippen molar-refractivity contribution in [3.63, 3.8) is 0 Å². The van der Waals surface area contributed by atoms with Gasteiger partial charge in [0.05, 0.1) is 12.0 Å². The SMILES string of the molecule is CCOc1ccc(NC(=O)C2(C)CCNC2)cc1. The van der Waals surface area contributed by atoms with E-state index in [4.69, 9.17) is 4.74 Å². The molecule has 1 aliphatic heterocycles. The van der Waals surface area contributed by atoms with Gasteiger partial charge in [0, 0.05) is 12.2 Å². The molecule has 0 spiro atoms. The number of nitrogens with one attached hydrogen (secondary N) is 2. The van der Waals surface area contributed by atoms with Gasteiger partial charge >= 0.3 is 0 Å². The first-order chi connectivity index (χ1) is 8.64. The van der Waals surface area contributed by atoms with Gasteiger partial charge in [0.2, 0.25) is 5.91 Å². The molecule has 18 heavy (non-hydrogen) atoms. The summed E-state index contributed by atoms with van der Waals surface area (Å²) in [5.41, 5.74) is 0.523. The topological polar surface area (TPSA) is 50.4 Å². The molecule has 0 aliphatic carbocycles. The third-order valence-electron chi connectivity index (χ3n) is 3.34. The van der Waals surface area contributed by atoms with Crippen molar-refractivity contribution >= 4 is 11.6 Å². The molecule has 1 atom stereocenters. The van der Waals surface area contributed by atoms with E-state index in [2.05, 4.69) is 10.6 Å². The highest BCUT2D eigenvalue weighted by molar-refractivity contribution is 5.95. The molecule has 0 aromatic heterocycles. The highest BCUT2D eigenvalue weighted by Gasteiger charge is 2.36. The quantitative estimate of drug-likeness (QED) is 0.857. The Kier molecular flexibility index (Phi) is 3.87.